The molecule has 4 heteroatoms. The molecule has 0 atom stereocenters. The molecule has 0 aromatic carbocycles. The molecular weight excluding hydrogens is 214 g/mol. The number of nitrogens with zero attached hydrogens (tertiary/aromatic N) is 2. The van der Waals surface area contributed by atoms with Gasteiger partial charge in [0, 0.05) is 12.6 Å². The first-order chi connectivity index (χ1) is 8.38. The quantitative estimate of drug-likeness (QED) is 0.704. The third kappa shape index (κ3) is 4.59. The Hall–Kier alpha value is -1.32. The number of nitrogens with one attached hydrogen (secondary N) is 1. The SMILES string of the molecule is CCCOc1cc(NCCCC2CC2)ncn1. The van der Waals surface area contributed by atoms with E-state index >= 15 is 0 Å². The van der Waals surface area contributed by atoms with Gasteiger partial charge >= 0.3 is 0 Å². The summed E-state index contributed by atoms with van der Waals surface area (Å²) in [5, 5.41) is 3.31. The molecule has 1 N–H and O–H groups in total. The molecule has 0 radical (unpaired) electrons. The molecular formula is C13H21N3O. The van der Waals surface area contributed by atoms with Crippen molar-refractivity contribution in [3.63, 3.8) is 0 Å². The highest BCUT2D eigenvalue weighted by molar-refractivity contribution is 5.36. The Morgan fingerprint density at radius 2 is 2.29 bits per heavy atom. The topological polar surface area (TPSA) is 47.0 Å². The van der Waals surface area contributed by atoms with Crippen LogP contribution in [0, 0.1) is 5.92 Å². The number of anilines is 1. The average Bonchev–Trinajstić information content (AvgIpc) is 3.17. The van der Waals surface area contributed by atoms with Crippen LogP contribution in [0.1, 0.15) is 39.0 Å². The van der Waals surface area contributed by atoms with E-state index in [0.717, 1.165) is 24.7 Å². The maximum Gasteiger partial charge on any atom is 0.218 e. The van der Waals surface area contributed by atoms with Gasteiger partial charge in [-0.05, 0) is 25.2 Å². The van der Waals surface area contributed by atoms with E-state index in [1.165, 1.54) is 25.7 Å². The Labute approximate surface area is 103 Å². The molecule has 17 heavy (non-hydrogen) atoms. The molecule has 0 spiro atoms. The number of hydrogen-bond acceptors (Lipinski definition) is 4. The average molecular weight is 235 g/mol. The van der Waals surface area contributed by atoms with Gasteiger partial charge in [0.25, 0.3) is 0 Å². The molecule has 1 heterocycles. The van der Waals surface area contributed by atoms with Crippen LogP contribution in [0.15, 0.2) is 12.4 Å². The van der Waals surface area contributed by atoms with Gasteiger partial charge in [-0.3, -0.25) is 0 Å². The van der Waals surface area contributed by atoms with Crippen molar-refractivity contribution >= 4 is 5.82 Å². The standard InChI is InChI=1S/C13H21N3O/c1-2-8-17-13-9-12(15-10-16-13)14-7-3-4-11-5-6-11/h9-11H,2-8H2,1H3,(H,14,15,16). The van der Waals surface area contributed by atoms with Gasteiger partial charge in [-0.2, -0.15) is 0 Å². The summed E-state index contributed by atoms with van der Waals surface area (Å²) in [5.74, 6) is 2.53. The lowest BCUT2D eigenvalue weighted by Crippen LogP contribution is -2.05. The van der Waals surface area contributed by atoms with Crippen molar-refractivity contribution in [2.75, 3.05) is 18.5 Å². The summed E-state index contributed by atoms with van der Waals surface area (Å²) in [6.45, 7) is 3.77. The summed E-state index contributed by atoms with van der Waals surface area (Å²) >= 11 is 0. The lowest BCUT2D eigenvalue weighted by atomic mass is 10.2. The van der Waals surface area contributed by atoms with Crippen molar-refractivity contribution in [3.05, 3.63) is 12.4 Å². The van der Waals surface area contributed by atoms with Crippen LogP contribution in [0.5, 0.6) is 5.88 Å². The fourth-order valence-corrected chi connectivity index (χ4v) is 1.74. The van der Waals surface area contributed by atoms with E-state index < -0.39 is 0 Å². The summed E-state index contributed by atoms with van der Waals surface area (Å²) in [6.07, 6.45) is 7.98. The minimum atomic E-state index is 0.659. The first-order valence-electron chi connectivity index (χ1n) is 6.57. The van der Waals surface area contributed by atoms with Gasteiger partial charge < -0.3 is 10.1 Å². The molecule has 1 fully saturated rings. The predicted molar refractivity (Wildman–Crippen MR) is 68.3 cm³/mol. The summed E-state index contributed by atoms with van der Waals surface area (Å²) in [7, 11) is 0. The molecule has 1 aliphatic carbocycles. The molecule has 2 rings (SSSR count). The summed E-state index contributed by atoms with van der Waals surface area (Å²) in [6, 6.07) is 1.87. The van der Waals surface area contributed by atoms with Crippen molar-refractivity contribution in [2.24, 2.45) is 5.92 Å². The second-order valence-corrected chi connectivity index (χ2v) is 4.60. The highest BCUT2D eigenvalue weighted by atomic mass is 16.5. The van der Waals surface area contributed by atoms with Gasteiger partial charge in [0.1, 0.15) is 12.1 Å². The van der Waals surface area contributed by atoms with Crippen LogP contribution in [-0.4, -0.2) is 23.1 Å². The monoisotopic (exact) mass is 235 g/mol. The summed E-state index contributed by atoms with van der Waals surface area (Å²) < 4.78 is 5.46. The van der Waals surface area contributed by atoms with Crippen LogP contribution < -0.4 is 10.1 Å². The second-order valence-electron chi connectivity index (χ2n) is 4.60. The molecule has 1 aromatic heterocycles. The second kappa shape index (κ2) is 6.42. The Morgan fingerprint density at radius 1 is 1.41 bits per heavy atom. The number of aromatic nitrogens is 2. The van der Waals surface area contributed by atoms with E-state index in [0.29, 0.717) is 12.5 Å². The van der Waals surface area contributed by atoms with E-state index in [1.54, 1.807) is 6.33 Å². The van der Waals surface area contributed by atoms with Gasteiger partial charge in [0.15, 0.2) is 0 Å². The highest BCUT2D eigenvalue weighted by Gasteiger charge is 2.19. The molecule has 0 unspecified atom stereocenters. The third-order valence-corrected chi connectivity index (χ3v) is 2.89. The van der Waals surface area contributed by atoms with Gasteiger partial charge in [-0.15, -0.1) is 0 Å². The Balaban J connectivity index is 1.70. The van der Waals surface area contributed by atoms with Crippen molar-refractivity contribution in [1.82, 2.24) is 9.97 Å². The van der Waals surface area contributed by atoms with Gasteiger partial charge in [-0.25, -0.2) is 9.97 Å². The highest BCUT2D eigenvalue weighted by Crippen LogP contribution is 2.33. The number of hydrogen-bond donors (Lipinski definition) is 1. The maximum absolute atomic E-state index is 5.46. The largest absolute Gasteiger partial charge is 0.478 e. The van der Waals surface area contributed by atoms with Crippen LogP contribution in [0.25, 0.3) is 0 Å². The van der Waals surface area contributed by atoms with E-state index in [1.807, 2.05) is 6.07 Å². The molecule has 0 saturated heterocycles. The fraction of sp³-hybridized carbons (Fsp3) is 0.692. The smallest absolute Gasteiger partial charge is 0.218 e. The molecule has 0 aliphatic heterocycles. The van der Waals surface area contributed by atoms with Crippen LogP contribution in [0.3, 0.4) is 0 Å². The van der Waals surface area contributed by atoms with Crippen molar-refractivity contribution < 1.29 is 4.74 Å². The lowest BCUT2D eigenvalue weighted by Gasteiger charge is -2.07. The lowest BCUT2D eigenvalue weighted by molar-refractivity contribution is 0.305. The van der Waals surface area contributed by atoms with E-state index in [4.69, 9.17) is 4.74 Å². The van der Waals surface area contributed by atoms with Gasteiger partial charge in [0.2, 0.25) is 5.88 Å². The van der Waals surface area contributed by atoms with Crippen LogP contribution in [0.4, 0.5) is 5.82 Å². The Kier molecular flexibility index (Phi) is 4.59. The van der Waals surface area contributed by atoms with E-state index in [9.17, 15) is 0 Å². The van der Waals surface area contributed by atoms with Crippen LogP contribution in [0.2, 0.25) is 0 Å². The van der Waals surface area contributed by atoms with Crippen molar-refractivity contribution in [2.45, 2.75) is 39.0 Å². The third-order valence-electron chi connectivity index (χ3n) is 2.89. The Bertz CT molecular complexity index is 339. The number of rotatable bonds is 8. The molecule has 1 saturated carbocycles. The minimum Gasteiger partial charge on any atom is -0.478 e. The fourth-order valence-electron chi connectivity index (χ4n) is 1.74. The first-order valence-corrected chi connectivity index (χ1v) is 6.57. The van der Waals surface area contributed by atoms with E-state index in [-0.39, 0.29) is 0 Å². The molecule has 0 bridgehead atoms. The van der Waals surface area contributed by atoms with Gasteiger partial charge in [0.05, 0.1) is 6.61 Å². The zero-order chi connectivity index (χ0) is 11.9. The van der Waals surface area contributed by atoms with Gasteiger partial charge in [-0.1, -0.05) is 19.8 Å². The zero-order valence-corrected chi connectivity index (χ0v) is 10.5. The molecule has 1 aliphatic rings. The van der Waals surface area contributed by atoms with Crippen LogP contribution in [-0.2, 0) is 0 Å². The molecule has 94 valence electrons. The normalized spacial score (nSPS) is 14.6. The Morgan fingerprint density at radius 3 is 3.06 bits per heavy atom. The summed E-state index contributed by atoms with van der Waals surface area (Å²) in [5.41, 5.74) is 0. The predicted octanol–water partition coefficient (Wildman–Crippen LogP) is 2.87. The molecule has 4 nitrogen and oxygen atoms in total. The number of ether oxygens (including phenoxy) is 1. The molecule has 1 aromatic rings. The zero-order valence-electron chi connectivity index (χ0n) is 10.5. The van der Waals surface area contributed by atoms with E-state index in [2.05, 4.69) is 22.2 Å². The maximum atomic E-state index is 5.46. The van der Waals surface area contributed by atoms with Crippen LogP contribution >= 0.6 is 0 Å². The molecule has 0 amide bonds. The minimum absolute atomic E-state index is 0.659. The first kappa shape index (κ1) is 12.1. The van der Waals surface area contributed by atoms with Crippen molar-refractivity contribution in [3.8, 4) is 5.88 Å². The summed E-state index contributed by atoms with van der Waals surface area (Å²) in [4.78, 5) is 8.25. The van der Waals surface area contributed by atoms with Crippen molar-refractivity contribution in [1.29, 1.82) is 0 Å².